The van der Waals surface area contributed by atoms with E-state index in [-0.39, 0.29) is 11.7 Å². The molecule has 0 saturated heterocycles. The molecule has 2 aromatic rings. The normalized spacial score (nSPS) is 10.5. The van der Waals surface area contributed by atoms with Gasteiger partial charge in [0.15, 0.2) is 0 Å². The standard InChI is InChI=1S/C13H13ClFN3O2/c14-6-12(19)18-13(20)16-4-3-8-7-17-11-2-1-9(15)5-10(8)11/h1-2,5,7,17H,3-4,6H2,(H2,16,18,19,20). The van der Waals surface area contributed by atoms with Gasteiger partial charge in [-0.1, -0.05) is 0 Å². The van der Waals surface area contributed by atoms with Gasteiger partial charge in [-0.05, 0) is 30.2 Å². The lowest BCUT2D eigenvalue weighted by atomic mass is 10.1. The predicted molar refractivity (Wildman–Crippen MR) is 74.2 cm³/mol. The number of nitrogens with one attached hydrogen (secondary N) is 3. The van der Waals surface area contributed by atoms with E-state index in [0.29, 0.717) is 13.0 Å². The zero-order chi connectivity index (χ0) is 14.5. The van der Waals surface area contributed by atoms with Crippen LogP contribution < -0.4 is 10.6 Å². The molecule has 0 atom stereocenters. The fourth-order valence-electron chi connectivity index (χ4n) is 1.87. The van der Waals surface area contributed by atoms with Crippen LogP contribution in [0, 0.1) is 5.82 Å². The summed E-state index contributed by atoms with van der Waals surface area (Å²) in [5, 5.41) is 5.38. The van der Waals surface area contributed by atoms with Crippen LogP contribution in [0.4, 0.5) is 9.18 Å². The molecule has 106 valence electrons. The van der Waals surface area contributed by atoms with Crippen LogP contribution in [0.3, 0.4) is 0 Å². The largest absolute Gasteiger partial charge is 0.361 e. The molecular formula is C13H13ClFN3O2. The van der Waals surface area contributed by atoms with E-state index in [1.54, 1.807) is 12.3 Å². The Bertz CT molecular complexity index is 642. The number of hydrogen-bond donors (Lipinski definition) is 3. The summed E-state index contributed by atoms with van der Waals surface area (Å²) in [7, 11) is 0. The molecule has 2 rings (SSSR count). The SMILES string of the molecule is O=C(CCl)NC(=O)NCCc1c[nH]c2ccc(F)cc12. The lowest BCUT2D eigenvalue weighted by Gasteiger charge is -2.05. The van der Waals surface area contributed by atoms with Crippen LogP contribution in [-0.2, 0) is 11.2 Å². The number of carbonyl (C=O) groups excluding carboxylic acids is 2. The number of imide groups is 1. The summed E-state index contributed by atoms with van der Waals surface area (Å²) in [5.74, 6) is -1.13. The minimum atomic E-state index is -0.596. The number of amides is 3. The number of halogens is 2. The molecule has 1 aromatic carbocycles. The molecule has 0 unspecified atom stereocenters. The monoisotopic (exact) mass is 297 g/mol. The van der Waals surface area contributed by atoms with Crippen LogP contribution in [0.25, 0.3) is 10.9 Å². The molecule has 0 aliphatic carbocycles. The van der Waals surface area contributed by atoms with Crippen molar-refractivity contribution in [3.63, 3.8) is 0 Å². The Morgan fingerprint density at radius 2 is 2.15 bits per heavy atom. The number of benzene rings is 1. The van der Waals surface area contributed by atoms with Crippen LogP contribution >= 0.6 is 11.6 Å². The van der Waals surface area contributed by atoms with Crippen LogP contribution in [-0.4, -0.2) is 29.3 Å². The molecular weight excluding hydrogens is 285 g/mol. The second kappa shape index (κ2) is 6.38. The Kier molecular flexibility index (Phi) is 4.57. The number of carbonyl (C=O) groups is 2. The molecule has 3 N–H and O–H groups in total. The van der Waals surface area contributed by atoms with Crippen molar-refractivity contribution in [2.24, 2.45) is 0 Å². The van der Waals surface area contributed by atoms with Gasteiger partial charge in [-0.2, -0.15) is 0 Å². The maximum Gasteiger partial charge on any atom is 0.321 e. The summed E-state index contributed by atoms with van der Waals surface area (Å²) < 4.78 is 13.2. The van der Waals surface area contributed by atoms with Gasteiger partial charge in [-0.3, -0.25) is 10.1 Å². The lowest BCUT2D eigenvalue weighted by molar-refractivity contribution is -0.117. The first kappa shape index (κ1) is 14.3. The molecule has 3 amide bonds. The average Bonchev–Trinajstić information content (AvgIpc) is 2.81. The molecule has 0 saturated carbocycles. The molecule has 0 spiro atoms. The Morgan fingerprint density at radius 3 is 2.90 bits per heavy atom. The number of hydrogen-bond acceptors (Lipinski definition) is 2. The van der Waals surface area contributed by atoms with E-state index in [1.165, 1.54) is 12.1 Å². The van der Waals surface area contributed by atoms with E-state index in [4.69, 9.17) is 11.6 Å². The van der Waals surface area contributed by atoms with Crippen LogP contribution in [0.2, 0.25) is 0 Å². The molecule has 0 bridgehead atoms. The van der Waals surface area contributed by atoms with Gasteiger partial charge in [-0.15, -0.1) is 11.6 Å². The summed E-state index contributed by atoms with van der Waals surface area (Å²) in [4.78, 5) is 25.2. The third-order valence-electron chi connectivity index (χ3n) is 2.78. The number of alkyl halides is 1. The maximum atomic E-state index is 13.2. The Hall–Kier alpha value is -2.08. The van der Waals surface area contributed by atoms with Gasteiger partial charge in [0, 0.05) is 23.6 Å². The zero-order valence-electron chi connectivity index (χ0n) is 10.5. The van der Waals surface area contributed by atoms with Gasteiger partial charge >= 0.3 is 6.03 Å². The van der Waals surface area contributed by atoms with Gasteiger partial charge in [0.1, 0.15) is 11.7 Å². The predicted octanol–water partition coefficient (Wildman–Crippen LogP) is 1.91. The lowest BCUT2D eigenvalue weighted by Crippen LogP contribution is -2.40. The number of H-pyrrole nitrogens is 1. The first-order chi connectivity index (χ1) is 9.60. The van der Waals surface area contributed by atoms with Crippen molar-refractivity contribution in [3.05, 3.63) is 35.8 Å². The van der Waals surface area contributed by atoms with Crippen molar-refractivity contribution < 1.29 is 14.0 Å². The van der Waals surface area contributed by atoms with E-state index >= 15 is 0 Å². The fraction of sp³-hybridized carbons (Fsp3) is 0.231. The molecule has 1 aromatic heterocycles. The number of fused-ring (bicyclic) bond motifs is 1. The first-order valence-corrected chi connectivity index (χ1v) is 6.53. The summed E-state index contributed by atoms with van der Waals surface area (Å²) in [6.45, 7) is 0.324. The Balaban J connectivity index is 1.91. The summed E-state index contributed by atoms with van der Waals surface area (Å²) in [6.07, 6.45) is 2.29. The van der Waals surface area contributed by atoms with Gasteiger partial charge in [0.2, 0.25) is 5.91 Å². The van der Waals surface area contributed by atoms with Crippen molar-refractivity contribution in [3.8, 4) is 0 Å². The minimum absolute atomic E-state index is 0.269. The maximum absolute atomic E-state index is 13.2. The second-order valence-corrected chi connectivity index (χ2v) is 4.46. The quantitative estimate of drug-likeness (QED) is 0.754. The molecule has 0 aliphatic rings. The van der Waals surface area contributed by atoms with E-state index in [1.807, 2.05) is 0 Å². The molecule has 0 radical (unpaired) electrons. The topological polar surface area (TPSA) is 74.0 Å². The highest BCUT2D eigenvalue weighted by atomic mass is 35.5. The van der Waals surface area contributed by atoms with Gasteiger partial charge in [-0.25, -0.2) is 9.18 Å². The smallest absolute Gasteiger partial charge is 0.321 e. The highest BCUT2D eigenvalue weighted by Gasteiger charge is 2.07. The highest BCUT2D eigenvalue weighted by Crippen LogP contribution is 2.19. The van der Waals surface area contributed by atoms with E-state index in [0.717, 1.165) is 16.5 Å². The number of rotatable bonds is 4. The Labute approximate surface area is 119 Å². The van der Waals surface area contributed by atoms with E-state index in [2.05, 4.69) is 15.6 Å². The first-order valence-electron chi connectivity index (χ1n) is 5.99. The third kappa shape index (κ3) is 3.48. The molecule has 0 aliphatic heterocycles. The fourth-order valence-corrected chi connectivity index (χ4v) is 1.94. The van der Waals surface area contributed by atoms with Gasteiger partial charge < -0.3 is 10.3 Å². The van der Waals surface area contributed by atoms with Gasteiger partial charge in [0.25, 0.3) is 0 Å². The molecule has 20 heavy (non-hydrogen) atoms. The van der Waals surface area contributed by atoms with Gasteiger partial charge in [0.05, 0.1) is 0 Å². The van der Waals surface area contributed by atoms with Crippen LogP contribution in [0.5, 0.6) is 0 Å². The van der Waals surface area contributed by atoms with E-state index in [9.17, 15) is 14.0 Å². The van der Waals surface area contributed by atoms with Crippen molar-refractivity contribution in [2.75, 3.05) is 12.4 Å². The molecule has 1 heterocycles. The van der Waals surface area contributed by atoms with Crippen molar-refractivity contribution in [2.45, 2.75) is 6.42 Å². The number of urea groups is 1. The van der Waals surface area contributed by atoms with Crippen LogP contribution in [0.15, 0.2) is 24.4 Å². The zero-order valence-corrected chi connectivity index (χ0v) is 11.3. The Morgan fingerprint density at radius 1 is 1.35 bits per heavy atom. The summed E-state index contributed by atoms with van der Waals surface area (Å²) in [5.41, 5.74) is 1.73. The summed E-state index contributed by atoms with van der Waals surface area (Å²) >= 11 is 5.26. The van der Waals surface area contributed by atoms with E-state index < -0.39 is 11.9 Å². The van der Waals surface area contributed by atoms with Crippen LogP contribution in [0.1, 0.15) is 5.56 Å². The van der Waals surface area contributed by atoms with Crippen molar-refractivity contribution in [1.29, 1.82) is 0 Å². The second-order valence-electron chi connectivity index (χ2n) is 4.19. The molecule has 7 heteroatoms. The van der Waals surface area contributed by atoms with Crippen molar-refractivity contribution >= 4 is 34.4 Å². The minimum Gasteiger partial charge on any atom is -0.361 e. The molecule has 0 fully saturated rings. The highest BCUT2D eigenvalue weighted by molar-refractivity contribution is 6.28. The average molecular weight is 298 g/mol. The summed E-state index contributed by atoms with van der Waals surface area (Å²) in [6, 6.07) is 3.89. The number of aromatic amines is 1. The third-order valence-corrected chi connectivity index (χ3v) is 3.03. The number of aromatic nitrogens is 1. The molecule has 5 nitrogen and oxygen atoms in total. The van der Waals surface area contributed by atoms with Crippen molar-refractivity contribution in [1.82, 2.24) is 15.6 Å².